The van der Waals surface area contributed by atoms with Gasteiger partial charge < -0.3 is 10.2 Å². The molecule has 0 saturated carbocycles. The summed E-state index contributed by atoms with van der Waals surface area (Å²) in [7, 11) is 0. The van der Waals surface area contributed by atoms with Crippen LogP contribution in [0.25, 0.3) is 0 Å². The summed E-state index contributed by atoms with van der Waals surface area (Å²) < 4.78 is 0. The van der Waals surface area contributed by atoms with E-state index in [4.69, 9.17) is 0 Å². The molecule has 0 spiro atoms. The summed E-state index contributed by atoms with van der Waals surface area (Å²) in [6, 6.07) is 2.68. The van der Waals surface area contributed by atoms with Gasteiger partial charge in [-0.05, 0) is 58.3 Å². The minimum absolute atomic E-state index is 0.0982. The SMILES string of the molecule is CC1CCCC(C)N1c1nc2c(c(=O)[nH]1)C(C1CC=CCC1)C(C#N)C(=O)N2. The zero-order valence-electron chi connectivity index (χ0n) is 16.4. The average Bonchev–Trinajstić information content (AvgIpc) is 2.67. The van der Waals surface area contributed by atoms with E-state index < -0.39 is 11.8 Å². The molecule has 1 aromatic heterocycles. The molecule has 1 aromatic rings. The van der Waals surface area contributed by atoms with E-state index in [1.54, 1.807) is 0 Å². The van der Waals surface area contributed by atoms with Crippen LogP contribution in [-0.4, -0.2) is 28.0 Å². The highest BCUT2D eigenvalue weighted by atomic mass is 16.2. The second kappa shape index (κ2) is 7.42. The van der Waals surface area contributed by atoms with Crippen LogP contribution in [0.15, 0.2) is 16.9 Å². The first-order chi connectivity index (χ1) is 13.5. The van der Waals surface area contributed by atoms with E-state index in [2.05, 4.69) is 52.3 Å². The van der Waals surface area contributed by atoms with Crippen molar-refractivity contribution in [2.24, 2.45) is 11.8 Å². The lowest BCUT2D eigenvalue weighted by Gasteiger charge is -2.40. The summed E-state index contributed by atoms with van der Waals surface area (Å²) in [5.74, 6) is -0.675. The minimum atomic E-state index is -0.856. The molecule has 1 amide bonds. The number of allylic oxidation sites excluding steroid dienone is 2. The molecule has 5 unspecified atom stereocenters. The van der Waals surface area contributed by atoms with E-state index in [-0.39, 0.29) is 29.5 Å². The van der Waals surface area contributed by atoms with E-state index in [1.807, 2.05) is 0 Å². The van der Waals surface area contributed by atoms with E-state index in [0.717, 1.165) is 38.5 Å². The number of nitrogens with zero attached hydrogens (tertiary/aromatic N) is 3. The molecule has 0 bridgehead atoms. The Morgan fingerprint density at radius 1 is 1.18 bits per heavy atom. The van der Waals surface area contributed by atoms with Crippen molar-refractivity contribution in [3.05, 3.63) is 28.1 Å². The van der Waals surface area contributed by atoms with Gasteiger partial charge in [-0.3, -0.25) is 14.6 Å². The van der Waals surface area contributed by atoms with Crippen LogP contribution < -0.4 is 15.8 Å². The third-order valence-electron chi connectivity index (χ3n) is 6.55. The maximum Gasteiger partial charge on any atom is 0.257 e. The van der Waals surface area contributed by atoms with Gasteiger partial charge in [0.15, 0.2) is 0 Å². The number of H-pyrrole nitrogens is 1. The number of piperidine rings is 1. The van der Waals surface area contributed by atoms with E-state index in [0.29, 0.717) is 17.3 Å². The maximum atomic E-state index is 13.2. The van der Waals surface area contributed by atoms with Gasteiger partial charge in [0.2, 0.25) is 11.9 Å². The minimum Gasteiger partial charge on any atom is -0.337 e. The Morgan fingerprint density at radius 3 is 2.57 bits per heavy atom. The second-order valence-corrected chi connectivity index (χ2v) is 8.35. The number of nitriles is 1. The second-order valence-electron chi connectivity index (χ2n) is 8.35. The molecule has 5 atom stereocenters. The Bertz CT molecular complexity index is 889. The number of aromatic nitrogens is 2. The molecule has 0 aromatic carbocycles. The van der Waals surface area contributed by atoms with Crippen LogP contribution in [0.3, 0.4) is 0 Å². The topological polar surface area (TPSA) is 102 Å². The van der Waals surface area contributed by atoms with E-state index in [9.17, 15) is 14.9 Å². The van der Waals surface area contributed by atoms with E-state index >= 15 is 0 Å². The first-order valence-electron chi connectivity index (χ1n) is 10.3. The Balaban J connectivity index is 1.80. The smallest absolute Gasteiger partial charge is 0.257 e. The molecule has 0 radical (unpaired) electrons. The standard InChI is InChI=1S/C21H27N5O2/c1-12-7-6-8-13(2)26(12)21-24-18-17(20(28)25-21)16(14-9-4-3-5-10-14)15(11-22)19(27)23-18/h3-4,12-16H,5-10H2,1-2H3,(H2,23,24,25,27,28). The zero-order valence-corrected chi connectivity index (χ0v) is 16.4. The molecule has 7 heteroatoms. The van der Waals surface area contributed by atoms with Crippen LogP contribution in [0.2, 0.25) is 0 Å². The Hall–Kier alpha value is -2.62. The number of anilines is 2. The van der Waals surface area contributed by atoms with Crippen molar-refractivity contribution >= 4 is 17.7 Å². The van der Waals surface area contributed by atoms with E-state index in [1.165, 1.54) is 0 Å². The Kier molecular flexibility index (Phi) is 4.96. The highest BCUT2D eigenvalue weighted by Gasteiger charge is 2.43. The zero-order chi connectivity index (χ0) is 19.8. The summed E-state index contributed by atoms with van der Waals surface area (Å²) in [5.41, 5.74) is 0.234. The predicted octanol–water partition coefficient (Wildman–Crippen LogP) is 3.07. The van der Waals surface area contributed by atoms with Crippen molar-refractivity contribution in [1.82, 2.24) is 9.97 Å². The fraction of sp³-hybridized carbons (Fsp3) is 0.619. The van der Waals surface area contributed by atoms with Gasteiger partial charge in [0.1, 0.15) is 11.7 Å². The first kappa shape index (κ1) is 18.7. The molecule has 2 N–H and O–H groups in total. The molecule has 1 aliphatic carbocycles. The fourth-order valence-electron chi connectivity index (χ4n) is 5.15. The van der Waals surface area contributed by atoms with Crippen molar-refractivity contribution in [3.8, 4) is 6.07 Å². The van der Waals surface area contributed by atoms with Crippen LogP contribution in [0.5, 0.6) is 0 Å². The van der Waals surface area contributed by atoms with Crippen molar-refractivity contribution in [2.45, 2.75) is 70.4 Å². The predicted molar refractivity (Wildman–Crippen MR) is 107 cm³/mol. The van der Waals surface area contributed by atoms with Gasteiger partial charge in [-0.2, -0.15) is 10.2 Å². The molecule has 4 rings (SSSR count). The molecule has 1 fully saturated rings. The van der Waals surface area contributed by atoms with Gasteiger partial charge in [0.05, 0.1) is 11.6 Å². The summed E-state index contributed by atoms with van der Waals surface area (Å²) in [6.07, 6.45) is 10.0. The van der Waals surface area contributed by atoms with Crippen LogP contribution in [0, 0.1) is 23.2 Å². The largest absolute Gasteiger partial charge is 0.337 e. The van der Waals surface area contributed by atoms with Crippen LogP contribution in [0.4, 0.5) is 11.8 Å². The molecule has 3 aliphatic rings. The molecule has 3 heterocycles. The van der Waals surface area contributed by atoms with Gasteiger partial charge in [0, 0.05) is 18.0 Å². The number of hydrogen-bond donors (Lipinski definition) is 2. The lowest BCUT2D eigenvalue weighted by Crippen LogP contribution is -2.47. The monoisotopic (exact) mass is 381 g/mol. The molecule has 7 nitrogen and oxygen atoms in total. The Labute approximate surface area is 164 Å². The van der Waals surface area contributed by atoms with Crippen molar-refractivity contribution in [3.63, 3.8) is 0 Å². The lowest BCUT2D eigenvalue weighted by atomic mass is 9.71. The van der Waals surface area contributed by atoms with Crippen LogP contribution in [-0.2, 0) is 4.79 Å². The third kappa shape index (κ3) is 3.11. The average molecular weight is 381 g/mol. The normalized spacial score (nSPS) is 32.4. The highest BCUT2D eigenvalue weighted by molar-refractivity contribution is 5.97. The number of aromatic amines is 1. The highest BCUT2D eigenvalue weighted by Crippen LogP contribution is 2.43. The molecular formula is C21H27N5O2. The molecule has 28 heavy (non-hydrogen) atoms. The van der Waals surface area contributed by atoms with Crippen LogP contribution >= 0.6 is 0 Å². The number of nitrogens with one attached hydrogen (secondary N) is 2. The number of hydrogen-bond acceptors (Lipinski definition) is 5. The van der Waals surface area contributed by atoms with Crippen molar-refractivity contribution in [1.29, 1.82) is 5.26 Å². The van der Waals surface area contributed by atoms with Gasteiger partial charge in [-0.25, -0.2) is 0 Å². The number of rotatable bonds is 2. The molecule has 2 aliphatic heterocycles. The Morgan fingerprint density at radius 2 is 1.93 bits per heavy atom. The first-order valence-corrected chi connectivity index (χ1v) is 10.3. The summed E-state index contributed by atoms with van der Waals surface area (Å²) in [6.45, 7) is 4.27. The van der Waals surface area contributed by atoms with Crippen LogP contribution in [0.1, 0.15) is 63.9 Å². The van der Waals surface area contributed by atoms with Crippen molar-refractivity contribution < 1.29 is 4.79 Å². The molecule has 148 valence electrons. The number of carbonyl (C=O) groups is 1. The summed E-state index contributed by atoms with van der Waals surface area (Å²) in [5, 5.41) is 12.4. The maximum absolute atomic E-state index is 13.2. The van der Waals surface area contributed by atoms with Gasteiger partial charge in [-0.15, -0.1) is 0 Å². The quantitative estimate of drug-likeness (QED) is 0.767. The fourth-order valence-corrected chi connectivity index (χ4v) is 5.15. The number of amides is 1. The molecule has 1 saturated heterocycles. The lowest BCUT2D eigenvalue weighted by molar-refractivity contribution is -0.119. The van der Waals surface area contributed by atoms with Crippen molar-refractivity contribution in [2.75, 3.05) is 10.2 Å². The van der Waals surface area contributed by atoms with Gasteiger partial charge >= 0.3 is 0 Å². The number of fused-ring (bicyclic) bond motifs is 1. The summed E-state index contributed by atoms with van der Waals surface area (Å²) in [4.78, 5) is 35.6. The van der Waals surface area contributed by atoms with Gasteiger partial charge in [0.25, 0.3) is 5.56 Å². The number of carbonyl (C=O) groups excluding carboxylic acids is 1. The molecular weight excluding hydrogens is 354 g/mol. The third-order valence-corrected chi connectivity index (χ3v) is 6.55. The van der Waals surface area contributed by atoms with Gasteiger partial charge in [-0.1, -0.05) is 12.2 Å². The summed E-state index contributed by atoms with van der Waals surface area (Å²) >= 11 is 0.